The fourth-order valence-corrected chi connectivity index (χ4v) is 2.77. The van der Waals surface area contributed by atoms with Crippen LogP contribution in [0.5, 0.6) is 23.0 Å². The molecule has 0 N–H and O–H groups in total. The van der Waals surface area contributed by atoms with Gasteiger partial charge in [0.15, 0.2) is 17.3 Å². The highest BCUT2D eigenvalue weighted by Crippen LogP contribution is 2.38. The number of amides is 1. The summed E-state index contributed by atoms with van der Waals surface area (Å²) in [5.74, 6) is 0.194. The molecule has 0 bridgehead atoms. The number of nitrogens with zero attached hydrogens (tertiary/aromatic N) is 3. The molecule has 0 saturated carbocycles. The molecule has 0 saturated heterocycles. The number of anilines is 1. The molecule has 0 aliphatic rings. The van der Waals surface area contributed by atoms with Gasteiger partial charge in [-0.1, -0.05) is 6.07 Å². The highest BCUT2D eigenvalue weighted by atomic mass is 35.5. The van der Waals surface area contributed by atoms with Crippen molar-refractivity contribution >= 4 is 34.8 Å². The lowest BCUT2D eigenvalue weighted by Crippen LogP contribution is -2.36. The standard InChI is InChI=1S/C20H22ClN3O6/c1-12(25)18(23-22-14-10-9-13(27-2)11-17(14)29-4)20(26)24(21)15-7-6-8-16(28-3)19(15)30-5/h6-11,18H,1-5H3. The summed E-state index contributed by atoms with van der Waals surface area (Å²) in [5, 5.41) is 7.92. The van der Waals surface area contributed by atoms with Gasteiger partial charge in [0.2, 0.25) is 6.04 Å². The maximum absolute atomic E-state index is 12.9. The van der Waals surface area contributed by atoms with E-state index in [4.69, 9.17) is 30.7 Å². The zero-order valence-electron chi connectivity index (χ0n) is 17.2. The molecule has 2 aromatic rings. The molecule has 0 spiro atoms. The van der Waals surface area contributed by atoms with Crippen molar-refractivity contribution in [3.05, 3.63) is 36.4 Å². The maximum Gasteiger partial charge on any atom is 0.276 e. The van der Waals surface area contributed by atoms with Crippen molar-refractivity contribution in [2.45, 2.75) is 13.0 Å². The lowest BCUT2D eigenvalue weighted by molar-refractivity contribution is -0.126. The van der Waals surface area contributed by atoms with E-state index in [0.29, 0.717) is 22.9 Å². The summed E-state index contributed by atoms with van der Waals surface area (Å²) < 4.78 is 21.6. The Bertz CT molecular complexity index is 950. The van der Waals surface area contributed by atoms with E-state index >= 15 is 0 Å². The second-order valence-corrected chi connectivity index (χ2v) is 6.24. The van der Waals surface area contributed by atoms with Crippen LogP contribution in [0.1, 0.15) is 6.92 Å². The van der Waals surface area contributed by atoms with E-state index in [-0.39, 0.29) is 11.4 Å². The molecule has 10 heteroatoms. The quantitative estimate of drug-likeness (QED) is 0.336. The fourth-order valence-electron chi connectivity index (χ4n) is 2.54. The molecule has 0 radical (unpaired) electrons. The summed E-state index contributed by atoms with van der Waals surface area (Å²) in [4.78, 5) is 25.0. The van der Waals surface area contributed by atoms with Gasteiger partial charge in [0.05, 0.1) is 28.4 Å². The van der Waals surface area contributed by atoms with Crippen LogP contribution in [0.25, 0.3) is 0 Å². The van der Waals surface area contributed by atoms with Crippen molar-refractivity contribution in [2.75, 3.05) is 32.9 Å². The summed E-state index contributed by atoms with van der Waals surface area (Å²) in [5.41, 5.74) is 0.518. The summed E-state index contributed by atoms with van der Waals surface area (Å²) in [7, 11) is 5.84. The maximum atomic E-state index is 12.9. The van der Waals surface area contributed by atoms with E-state index in [1.807, 2.05) is 0 Å². The van der Waals surface area contributed by atoms with Gasteiger partial charge in [0, 0.05) is 17.8 Å². The monoisotopic (exact) mass is 435 g/mol. The summed E-state index contributed by atoms with van der Waals surface area (Å²) in [6.07, 6.45) is 0. The normalized spacial score (nSPS) is 11.7. The molecule has 1 amide bonds. The van der Waals surface area contributed by atoms with E-state index in [9.17, 15) is 9.59 Å². The SMILES string of the molecule is COc1ccc(N=NC(C(C)=O)C(=O)N(Cl)c2cccc(OC)c2OC)c(OC)c1. The average Bonchev–Trinajstić information content (AvgIpc) is 2.77. The van der Waals surface area contributed by atoms with Gasteiger partial charge in [0.25, 0.3) is 5.91 Å². The average molecular weight is 436 g/mol. The molecule has 2 rings (SSSR count). The van der Waals surface area contributed by atoms with Crippen molar-refractivity contribution in [1.82, 2.24) is 0 Å². The van der Waals surface area contributed by atoms with E-state index in [0.717, 1.165) is 4.42 Å². The van der Waals surface area contributed by atoms with Crippen molar-refractivity contribution in [3.8, 4) is 23.0 Å². The second kappa shape index (κ2) is 10.4. The lowest BCUT2D eigenvalue weighted by Gasteiger charge is -2.20. The number of carbonyl (C=O) groups is 2. The number of azo groups is 1. The highest BCUT2D eigenvalue weighted by molar-refractivity contribution is 6.39. The molecular formula is C20H22ClN3O6. The third kappa shape index (κ3) is 4.98. The zero-order chi connectivity index (χ0) is 22.3. The van der Waals surface area contributed by atoms with Gasteiger partial charge in [-0.05, 0) is 31.2 Å². The van der Waals surface area contributed by atoms with Crippen LogP contribution in [0.2, 0.25) is 0 Å². The summed E-state index contributed by atoms with van der Waals surface area (Å²) in [6.45, 7) is 1.22. The van der Waals surface area contributed by atoms with Crippen molar-refractivity contribution in [2.24, 2.45) is 10.2 Å². The van der Waals surface area contributed by atoms with Crippen LogP contribution in [-0.2, 0) is 9.59 Å². The van der Waals surface area contributed by atoms with Crippen molar-refractivity contribution in [1.29, 1.82) is 0 Å². The third-order valence-corrected chi connectivity index (χ3v) is 4.42. The molecule has 30 heavy (non-hydrogen) atoms. The Morgan fingerprint density at radius 2 is 1.67 bits per heavy atom. The second-order valence-electron chi connectivity index (χ2n) is 5.90. The Balaban J connectivity index is 2.36. The molecule has 0 aliphatic carbocycles. The minimum atomic E-state index is -1.47. The first-order chi connectivity index (χ1) is 14.4. The van der Waals surface area contributed by atoms with Gasteiger partial charge >= 0.3 is 0 Å². The van der Waals surface area contributed by atoms with Crippen LogP contribution >= 0.6 is 11.8 Å². The minimum Gasteiger partial charge on any atom is -0.497 e. The number of Topliss-reactive ketones (excluding diaryl/α,β-unsaturated/α-hetero) is 1. The Kier molecular flexibility index (Phi) is 7.99. The molecule has 0 fully saturated rings. The number of benzene rings is 2. The Labute approximate surface area is 179 Å². The Morgan fingerprint density at radius 3 is 2.23 bits per heavy atom. The molecule has 2 aromatic carbocycles. The van der Waals surface area contributed by atoms with E-state index in [1.165, 1.54) is 35.4 Å². The number of carbonyl (C=O) groups excluding carboxylic acids is 2. The number of halogens is 1. The van der Waals surface area contributed by atoms with Crippen LogP contribution in [0, 0.1) is 0 Å². The van der Waals surface area contributed by atoms with Gasteiger partial charge in [-0.25, -0.2) is 4.42 Å². The molecular weight excluding hydrogens is 414 g/mol. The van der Waals surface area contributed by atoms with E-state index < -0.39 is 17.7 Å². The molecule has 1 unspecified atom stereocenters. The number of hydrogen-bond donors (Lipinski definition) is 0. The van der Waals surface area contributed by atoms with Gasteiger partial charge in [-0.2, -0.15) is 10.2 Å². The number of para-hydroxylation sites is 1. The van der Waals surface area contributed by atoms with E-state index in [1.54, 1.807) is 36.4 Å². The van der Waals surface area contributed by atoms with Gasteiger partial charge < -0.3 is 18.9 Å². The number of ether oxygens (including phenoxy) is 4. The van der Waals surface area contributed by atoms with Gasteiger partial charge in [-0.3, -0.25) is 9.59 Å². The van der Waals surface area contributed by atoms with Crippen LogP contribution in [0.3, 0.4) is 0 Å². The van der Waals surface area contributed by atoms with Crippen LogP contribution in [0.4, 0.5) is 11.4 Å². The molecule has 160 valence electrons. The predicted molar refractivity (Wildman–Crippen MR) is 111 cm³/mol. The number of methoxy groups -OCH3 is 4. The first kappa shape index (κ1) is 23.0. The molecule has 0 aromatic heterocycles. The molecule has 1 atom stereocenters. The molecule has 0 aliphatic heterocycles. The van der Waals surface area contributed by atoms with E-state index in [2.05, 4.69) is 10.2 Å². The first-order valence-electron chi connectivity index (χ1n) is 8.72. The molecule has 9 nitrogen and oxygen atoms in total. The number of ketones is 1. The summed E-state index contributed by atoms with van der Waals surface area (Å²) in [6, 6.07) is 8.20. The van der Waals surface area contributed by atoms with Crippen molar-refractivity contribution in [3.63, 3.8) is 0 Å². The predicted octanol–water partition coefficient (Wildman–Crippen LogP) is 3.95. The van der Waals surface area contributed by atoms with Gasteiger partial charge in [-0.15, -0.1) is 0 Å². The Morgan fingerprint density at radius 1 is 0.967 bits per heavy atom. The zero-order valence-corrected chi connectivity index (χ0v) is 18.0. The Hall–Kier alpha value is -3.33. The number of hydrogen-bond acceptors (Lipinski definition) is 8. The van der Waals surface area contributed by atoms with Crippen LogP contribution in [0.15, 0.2) is 46.6 Å². The number of rotatable bonds is 9. The van der Waals surface area contributed by atoms with Crippen LogP contribution < -0.4 is 23.4 Å². The van der Waals surface area contributed by atoms with Crippen molar-refractivity contribution < 1.29 is 28.5 Å². The first-order valence-corrected chi connectivity index (χ1v) is 9.05. The minimum absolute atomic E-state index is 0.201. The smallest absolute Gasteiger partial charge is 0.276 e. The van der Waals surface area contributed by atoms with Crippen LogP contribution in [-0.4, -0.2) is 46.2 Å². The molecule has 0 heterocycles. The summed E-state index contributed by atoms with van der Waals surface area (Å²) >= 11 is 6.24. The lowest BCUT2D eigenvalue weighted by atomic mass is 10.2. The largest absolute Gasteiger partial charge is 0.497 e. The van der Waals surface area contributed by atoms with Gasteiger partial charge in [0.1, 0.15) is 22.9 Å². The highest BCUT2D eigenvalue weighted by Gasteiger charge is 2.31. The fraction of sp³-hybridized carbons (Fsp3) is 0.300. The topological polar surface area (TPSA) is 99.0 Å². The third-order valence-electron chi connectivity index (χ3n) is 4.07.